The van der Waals surface area contributed by atoms with Crippen molar-refractivity contribution in [1.29, 1.82) is 0 Å². The van der Waals surface area contributed by atoms with Crippen LogP contribution in [0.25, 0.3) is 0 Å². The van der Waals surface area contributed by atoms with Crippen LogP contribution < -0.4 is 5.32 Å². The topological polar surface area (TPSA) is 32.3 Å². The first-order valence-electron chi connectivity index (χ1n) is 7.78. The van der Waals surface area contributed by atoms with Crippen LogP contribution >= 0.6 is 35.6 Å². The fourth-order valence-electron chi connectivity index (χ4n) is 3.43. The van der Waals surface area contributed by atoms with Gasteiger partial charge >= 0.3 is 0 Å². The Hall–Kier alpha value is -0.150. The largest absolute Gasteiger partial charge is 0.506 e. The molecule has 1 aromatic carbocycles. The SMILES string of the molecule is CC1CCC(C(C)C)C(NCc2cc(Cl)cc(Cl)c2O)C1.Cl. The highest BCUT2D eigenvalue weighted by molar-refractivity contribution is 6.35. The summed E-state index contributed by atoms with van der Waals surface area (Å²) >= 11 is 12.0. The van der Waals surface area contributed by atoms with Crippen molar-refractivity contribution < 1.29 is 5.11 Å². The average Bonchev–Trinajstić information content (AvgIpc) is 2.40. The van der Waals surface area contributed by atoms with Gasteiger partial charge in [-0.05, 0) is 42.7 Å². The Morgan fingerprint density at radius 3 is 2.59 bits per heavy atom. The smallest absolute Gasteiger partial charge is 0.138 e. The van der Waals surface area contributed by atoms with Crippen LogP contribution in [-0.4, -0.2) is 11.1 Å². The Balaban J connectivity index is 0.00000242. The molecule has 1 aliphatic rings. The van der Waals surface area contributed by atoms with Crippen LogP contribution in [0.4, 0.5) is 0 Å². The maximum Gasteiger partial charge on any atom is 0.138 e. The van der Waals surface area contributed by atoms with E-state index in [0.29, 0.717) is 34.5 Å². The molecule has 2 N–H and O–H groups in total. The number of phenols is 1. The van der Waals surface area contributed by atoms with Gasteiger partial charge in [0.25, 0.3) is 0 Å². The number of benzene rings is 1. The summed E-state index contributed by atoms with van der Waals surface area (Å²) < 4.78 is 0. The number of rotatable bonds is 4. The molecule has 0 spiro atoms. The van der Waals surface area contributed by atoms with Gasteiger partial charge in [0.2, 0.25) is 0 Å². The van der Waals surface area contributed by atoms with E-state index in [0.717, 1.165) is 11.5 Å². The average molecular weight is 367 g/mol. The van der Waals surface area contributed by atoms with Gasteiger partial charge in [0.1, 0.15) is 5.75 Å². The molecule has 22 heavy (non-hydrogen) atoms. The van der Waals surface area contributed by atoms with Gasteiger partial charge in [-0.3, -0.25) is 0 Å². The molecule has 1 saturated carbocycles. The Bertz CT molecular complexity index is 493. The third-order valence-corrected chi connectivity index (χ3v) is 5.19. The standard InChI is InChI=1S/C17H25Cl2NO.ClH/c1-10(2)14-5-4-11(3)6-16(14)20-9-12-7-13(18)8-15(19)17(12)21;/h7-8,10-11,14,16,20-21H,4-6,9H2,1-3H3;1H. The quantitative estimate of drug-likeness (QED) is 0.719. The van der Waals surface area contributed by atoms with E-state index >= 15 is 0 Å². The highest BCUT2D eigenvalue weighted by atomic mass is 35.5. The molecule has 0 bridgehead atoms. The summed E-state index contributed by atoms with van der Waals surface area (Å²) in [5.74, 6) is 2.26. The molecule has 0 aromatic heterocycles. The van der Waals surface area contributed by atoms with Crippen LogP contribution in [0.15, 0.2) is 12.1 Å². The minimum absolute atomic E-state index is 0. The molecule has 0 aliphatic heterocycles. The summed E-state index contributed by atoms with van der Waals surface area (Å²) in [6.07, 6.45) is 3.78. The number of phenolic OH excluding ortho intramolecular Hbond substituents is 1. The lowest BCUT2D eigenvalue weighted by Crippen LogP contribution is -2.42. The number of nitrogens with one attached hydrogen (secondary N) is 1. The van der Waals surface area contributed by atoms with E-state index in [-0.39, 0.29) is 18.2 Å². The van der Waals surface area contributed by atoms with E-state index in [2.05, 4.69) is 26.1 Å². The van der Waals surface area contributed by atoms with Gasteiger partial charge in [0.05, 0.1) is 5.02 Å². The van der Waals surface area contributed by atoms with Gasteiger partial charge in [-0.25, -0.2) is 0 Å². The van der Waals surface area contributed by atoms with E-state index < -0.39 is 0 Å². The third kappa shape index (κ3) is 4.92. The summed E-state index contributed by atoms with van der Waals surface area (Å²) in [6.45, 7) is 7.51. The van der Waals surface area contributed by atoms with Gasteiger partial charge < -0.3 is 10.4 Å². The molecule has 3 atom stereocenters. The van der Waals surface area contributed by atoms with E-state index in [9.17, 15) is 5.11 Å². The van der Waals surface area contributed by atoms with Crippen molar-refractivity contribution in [3.63, 3.8) is 0 Å². The molecule has 0 saturated heterocycles. The van der Waals surface area contributed by atoms with Crippen LogP contribution in [0.2, 0.25) is 10.0 Å². The predicted octanol–water partition coefficient (Wildman–Crippen LogP) is 5.67. The van der Waals surface area contributed by atoms with Crippen molar-refractivity contribution in [3.05, 3.63) is 27.7 Å². The molecular weight excluding hydrogens is 341 g/mol. The Kier molecular flexibility index (Phi) is 7.81. The van der Waals surface area contributed by atoms with Gasteiger partial charge in [-0.1, -0.05) is 50.4 Å². The van der Waals surface area contributed by atoms with Crippen molar-refractivity contribution in [2.75, 3.05) is 0 Å². The Labute approximate surface area is 150 Å². The maximum absolute atomic E-state index is 10.0. The first kappa shape index (κ1) is 19.9. The zero-order chi connectivity index (χ0) is 15.6. The number of hydrogen-bond acceptors (Lipinski definition) is 2. The van der Waals surface area contributed by atoms with Gasteiger partial charge in [0, 0.05) is 23.2 Å². The first-order valence-corrected chi connectivity index (χ1v) is 8.54. The summed E-state index contributed by atoms with van der Waals surface area (Å²) in [5, 5.41) is 14.5. The van der Waals surface area contributed by atoms with Gasteiger partial charge in [-0.15, -0.1) is 12.4 Å². The molecule has 0 radical (unpaired) electrons. The van der Waals surface area contributed by atoms with Crippen molar-refractivity contribution in [3.8, 4) is 5.75 Å². The summed E-state index contributed by atoms with van der Waals surface area (Å²) in [5.41, 5.74) is 0.772. The van der Waals surface area contributed by atoms with Crippen molar-refractivity contribution in [2.45, 2.75) is 52.6 Å². The number of hydrogen-bond donors (Lipinski definition) is 2. The monoisotopic (exact) mass is 365 g/mol. The Morgan fingerprint density at radius 1 is 1.27 bits per heavy atom. The van der Waals surface area contributed by atoms with Crippen LogP contribution in [0, 0.1) is 17.8 Å². The van der Waals surface area contributed by atoms with Crippen LogP contribution in [-0.2, 0) is 6.54 Å². The van der Waals surface area contributed by atoms with Crippen molar-refractivity contribution in [2.24, 2.45) is 17.8 Å². The zero-order valence-electron chi connectivity index (χ0n) is 13.4. The second kappa shape index (κ2) is 8.63. The molecule has 3 unspecified atom stereocenters. The van der Waals surface area contributed by atoms with E-state index in [1.165, 1.54) is 19.3 Å². The van der Waals surface area contributed by atoms with Crippen LogP contribution in [0.3, 0.4) is 0 Å². The minimum Gasteiger partial charge on any atom is -0.506 e. The zero-order valence-corrected chi connectivity index (χ0v) is 15.7. The molecule has 2 rings (SSSR count). The molecule has 2 nitrogen and oxygen atoms in total. The molecule has 0 heterocycles. The highest BCUT2D eigenvalue weighted by Gasteiger charge is 2.30. The van der Waals surface area contributed by atoms with Crippen LogP contribution in [0.5, 0.6) is 5.75 Å². The van der Waals surface area contributed by atoms with E-state index in [4.69, 9.17) is 23.2 Å². The maximum atomic E-state index is 10.0. The molecule has 5 heteroatoms. The normalized spacial score (nSPS) is 25.1. The Morgan fingerprint density at radius 2 is 1.95 bits per heavy atom. The molecule has 1 aromatic rings. The van der Waals surface area contributed by atoms with E-state index in [1.54, 1.807) is 12.1 Å². The van der Waals surface area contributed by atoms with Crippen LogP contribution in [0.1, 0.15) is 45.6 Å². The highest BCUT2D eigenvalue weighted by Crippen LogP contribution is 2.35. The summed E-state index contributed by atoms with van der Waals surface area (Å²) in [4.78, 5) is 0. The minimum atomic E-state index is 0. The summed E-state index contributed by atoms with van der Waals surface area (Å²) in [7, 11) is 0. The van der Waals surface area contributed by atoms with Gasteiger partial charge in [-0.2, -0.15) is 0 Å². The molecule has 1 aliphatic carbocycles. The lowest BCUT2D eigenvalue weighted by Gasteiger charge is -2.38. The fraction of sp³-hybridized carbons (Fsp3) is 0.647. The second-order valence-corrected chi connectivity index (χ2v) is 7.55. The van der Waals surface area contributed by atoms with Gasteiger partial charge in [0.15, 0.2) is 0 Å². The second-order valence-electron chi connectivity index (χ2n) is 6.71. The molecule has 1 fully saturated rings. The third-order valence-electron chi connectivity index (χ3n) is 4.68. The van der Waals surface area contributed by atoms with Crippen molar-refractivity contribution >= 4 is 35.6 Å². The predicted molar refractivity (Wildman–Crippen MR) is 97.3 cm³/mol. The lowest BCUT2D eigenvalue weighted by molar-refractivity contribution is 0.169. The molecule has 0 amide bonds. The summed E-state index contributed by atoms with van der Waals surface area (Å²) in [6, 6.07) is 3.85. The fourth-order valence-corrected chi connectivity index (χ4v) is 3.97. The molecular formula is C17H26Cl3NO. The number of halogens is 3. The molecule has 126 valence electrons. The van der Waals surface area contributed by atoms with E-state index in [1.807, 2.05) is 0 Å². The van der Waals surface area contributed by atoms with Crippen molar-refractivity contribution in [1.82, 2.24) is 5.32 Å². The lowest BCUT2D eigenvalue weighted by atomic mass is 9.74. The number of aromatic hydroxyl groups is 1. The first-order chi connectivity index (χ1) is 9.88.